The Morgan fingerprint density at radius 2 is 0.868 bits per heavy atom. The van der Waals surface area contributed by atoms with Crippen molar-refractivity contribution in [3.05, 3.63) is 95.8 Å². The fraction of sp³-hybridized carbons (Fsp3) is 0. The summed E-state index contributed by atoms with van der Waals surface area (Å²) in [7, 11) is 0. The quantitative estimate of drug-likeness (QED) is 0.226. The molecule has 5 aromatic rings. The van der Waals surface area contributed by atoms with Crippen LogP contribution in [0.25, 0.3) is 68.9 Å². The molecule has 0 unspecified atom stereocenters. The lowest BCUT2D eigenvalue weighted by molar-refractivity contribution is 0.475. The zero-order valence-corrected chi connectivity index (χ0v) is 19.9. The molecule has 8 nitrogen and oxygen atoms in total. The molecular formula is C30H20N6O2. The van der Waals surface area contributed by atoms with Gasteiger partial charge in [0.1, 0.15) is 22.8 Å². The molecule has 0 fully saturated rings. The predicted octanol–water partition coefficient (Wildman–Crippen LogP) is 6.19. The molecule has 0 saturated carbocycles. The maximum Gasteiger partial charge on any atom is 0.155 e. The number of fused-ring (bicyclic) bond motifs is 8. The van der Waals surface area contributed by atoms with Crippen LogP contribution in [0.1, 0.15) is 23.0 Å². The molecule has 38 heavy (non-hydrogen) atoms. The average Bonchev–Trinajstić information content (AvgIpc) is 3.72. The second-order valence-electron chi connectivity index (χ2n) is 8.96. The first-order chi connectivity index (χ1) is 18.6. The Labute approximate surface area is 216 Å². The van der Waals surface area contributed by atoms with Crippen LogP contribution in [0, 0.1) is 0 Å². The van der Waals surface area contributed by atoms with Crippen LogP contribution in [0.15, 0.2) is 72.8 Å². The average molecular weight is 497 g/mol. The number of aromatic amines is 2. The van der Waals surface area contributed by atoms with Crippen LogP contribution < -0.4 is 0 Å². The first-order valence-corrected chi connectivity index (χ1v) is 12.0. The molecule has 3 aromatic heterocycles. The van der Waals surface area contributed by atoms with Crippen molar-refractivity contribution in [1.82, 2.24) is 29.9 Å². The molecule has 5 heterocycles. The number of hydrogen-bond acceptors (Lipinski definition) is 6. The molecule has 0 saturated heterocycles. The first-order valence-electron chi connectivity index (χ1n) is 12.0. The van der Waals surface area contributed by atoms with Crippen LogP contribution in [-0.4, -0.2) is 40.1 Å². The molecular weight excluding hydrogens is 476 g/mol. The maximum atomic E-state index is 9.82. The van der Waals surface area contributed by atoms with Crippen LogP contribution in [0.4, 0.5) is 0 Å². The van der Waals surface area contributed by atoms with Gasteiger partial charge < -0.3 is 20.2 Å². The van der Waals surface area contributed by atoms with Gasteiger partial charge in [-0.25, -0.2) is 19.9 Å². The van der Waals surface area contributed by atoms with E-state index in [1.807, 2.05) is 72.8 Å². The number of aromatic hydroxyl groups is 2. The van der Waals surface area contributed by atoms with E-state index >= 15 is 0 Å². The van der Waals surface area contributed by atoms with E-state index in [1.165, 1.54) is 0 Å². The van der Waals surface area contributed by atoms with Gasteiger partial charge in [0, 0.05) is 22.2 Å². The molecule has 2 aliphatic heterocycles. The number of nitrogens with zero attached hydrogens (tertiary/aromatic N) is 4. The van der Waals surface area contributed by atoms with Gasteiger partial charge in [0.25, 0.3) is 0 Å². The lowest BCUT2D eigenvalue weighted by atomic mass is 10.0. The molecule has 4 N–H and O–H groups in total. The standard InChI is InChI=1S/C30H20N6O2/c37-19-5-1-17(2-6-19)29-21-9-13-25(31-21)35-27-15-11-23(33-27)30(18-3-7-20(38)8-4-18)24-12-16-28(34-24)36-26-14-10-22(29)32-26/h1-16,37-38H,(H,31,33,35)(H,32,34,36). The van der Waals surface area contributed by atoms with E-state index in [4.69, 9.17) is 19.9 Å². The summed E-state index contributed by atoms with van der Waals surface area (Å²) in [5.41, 5.74) is 7.97. The van der Waals surface area contributed by atoms with E-state index in [0.717, 1.165) is 44.7 Å². The zero-order valence-electron chi connectivity index (χ0n) is 19.9. The Morgan fingerprint density at radius 1 is 0.447 bits per heavy atom. The number of rotatable bonds is 2. The summed E-state index contributed by atoms with van der Waals surface area (Å²) in [6.45, 7) is 0. The Morgan fingerprint density at radius 3 is 1.29 bits per heavy atom. The third-order valence-corrected chi connectivity index (χ3v) is 6.42. The molecule has 8 bridgehead atoms. The zero-order chi connectivity index (χ0) is 25.6. The van der Waals surface area contributed by atoms with E-state index in [9.17, 15) is 10.2 Å². The van der Waals surface area contributed by atoms with Crippen LogP contribution in [0.3, 0.4) is 0 Å². The minimum absolute atomic E-state index is 0.194. The summed E-state index contributed by atoms with van der Waals surface area (Å²) in [4.78, 5) is 25.8. The second-order valence-corrected chi connectivity index (χ2v) is 8.96. The summed E-state index contributed by atoms with van der Waals surface area (Å²) in [5, 5.41) is 19.6. The van der Waals surface area contributed by atoms with Crippen molar-refractivity contribution in [2.75, 3.05) is 0 Å². The molecule has 7 rings (SSSR count). The molecule has 0 radical (unpaired) electrons. The molecule has 182 valence electrons. The normalized spacial score (nSPS) is 12.2. The number of H-pyrrole nitrogens is 2. The predicted molar refractivity (Wildman–Crippen MR) is 149 cm³/mol. The molecule has 0 aliphatic carbocycles. The van der Waals surface area contributed by atoms with Gasteiger partial charge in [-0.05, 0) is 84.0 Å². The van der Waals surface area contributed by atoms with Crippen molar-refractivity contribution in [3.8, 4) is 33.8 Å². The van der Waals surface area contributed by atoms with Gasteiger partial charge in [-0.15, -0.1) is 0 Å². The lowest BCUT2D eigenvalue weighted by Crippen LogP contribution is -1.88. The highest BCUT2D eigenvalue weighted by Gasteiger charge is 2.14. The smallest absolute Gasteiger partial charge is 0.155 e. The number of hydrogen-bond donors (Lipinski definition) is 4. The van der Waals surface area contributed by atoms with Crippen molar-refractivity contribution in [2.45, 2.75) is 0 Å². The fourth-order valence-electron chi connectivity index (χ4n) is 4.68. The van der Waals surface area contributed by atoms with Crippen molar-refractivity contribution in [3.63, 3.8) is 0 Å². The van der Waals surface area contributed by atoms with Crippen molar-refractivity contribution < 1.29 is 10.2 Å². The minimum Gasteiger partial charge on any atom is -0.508 e. The fourth-order valence-corrected chi connectivity index (χ4v) is 4.68. The Bertz CT molecular complexity index is 1790. The number of benzene rings is 2. The lowest BCUT2D eigenvalue weighted by Gasteiger charge is -2.04. The largest absolute Gasteiger partial charge is 0.508 e. The summed E-state index contributed by atoms with van der Waals surface area (Å²) in [6, 6.07) is 21.8. The van der Waals surface area contributed by atoms with Crippen molar-refractivity contribution in [2.24, 2.45) is 0 Å². The number of phenolic OH excluding ortho intramolecular Hbond substituents is 2. The van der Waals surface area contributed by atoms with Gasteiger partial charge in [0.05, 0.1) is 11.4 Å². The Balaban J connectivity index is 1.56. The highest BCUT2D eigenvalue weighted by molar-refractivity contribution is 5.92. The highest BCUT2D eigenvalue weighted by Crippen LogP contribution is 2.32. The third-order valence-electron chi connectivity index (χ3n) is 6.42. The first kappa shape index (κ1) is 21.8. The van der Waals surface area contributed by atoms with Crippen LogP contribution in [0.2, 0.25) is 0 Å². The van der Waals surface area contributed by atoms with Crippen LogP contribution in [0.5, 0.6) is 11.5 Å². The molecule has 2 aliphatic rings. The summed E-state index contributed by atoms with van der Waals surface area (Å²) in [6.07, 6.45) is 7.61. The summed E-state index contributed by atoms with van der Waals surface area (Å²) in [5.74, 6) is 1.52. The molecule has 2 aromatic carbocycles. The topological polar surface area (TPSA) is 124 Å². The highest BCUT2D eigenvalue weighted by atomic mass is 16.3. The van der Waals surface area contributed by atoms with Crippen LogP contribution in [-0.2, 0) is 0 Å². The van der Waals surface area contributed by atoms with Gasteiger partial charge in [0.2, 0.25) is 0 Å². The van der Waals surface area contributed by atoms with Gasteiger partial charge in [-0.1, -0.05) is 24.3 Å². The molecule has 8 heteroatoms. The van der Waals surface area contributed by atoms with E-state index in [2.05, 4.69) is 9.97 Å². The van der Waals surface area contributed by atoms with Gasteiger partial charge in [0.15, 0.2) is 11.6 Å². The minimum atomic E-state index is 0.194. The molecule has 0 spiro atoms. The van der Waals surface area contributed by atoms with Gasteiger partial charge >= 0.3 is 0 Å². The van der Waals surface area contributed by atoms with Gasteiger partial charge in [-0.2, -0.15) is 0 Å². The number of aromatic nitrogens is 6. The Hall–Kier alpha value is -5.50. The maximum absolute atomic E-state index is 9.82. The summed E-state index contributed by atoms with van der Waals surface area (Å²) < 4.78 is 0. The molecule has 0 atom stereocenters. The second kappa shape index (κ2) is 8.56. The molecule has 0 amide bonds. The number of phenols is 2. The van der Waals surface area contributed by atoms with Gasteiger partial charge in [-0.3, -0.25) is 0 Å². The number of nitrogens with one attached hydrogen (secondary N) is 2. The van der Waals surface area contributed by atoms with E-state index in [0.29, 0.717) is 22.9 Å². The SMILES string of the molecule is Oc1ccc(-c2c3nc(nc4ccc([nH]4)c(-c4ccc(O)cc4)c4nc(nc5ccc2[nH]5)C=C4)C=C3)cc1. The van der Waals surface area contributed by atoms with E-state index in [-0.39, 0.29) is 11.5 Å². The van der Waals surface area contributed by atoms with Crippen molar-refractivity contribution >= 4 is 46.6 Å². The van der Waals surface area contributed by atoms with E-state index in [1.54, 1.807) is 24.3 Å². The Kier molecular flexibility index (Phi) is 4.90. The monoisotopic (exact) mass is 496 g/mol. The third kappa shape index (κ3) is 3.90. The van der Waals surface area contributed by atoms with Crippen LogP contribution >= 0.6 is 0 Å². The summed E-state index contributed by atoms with van der Waals surface area (Å²) >= 11 is 0. The van der Waals surface area contributed by atoms with Crippen molar-refractivity contribution in [1.29, 1.82) is 0 Å². The van der Waals surface area contributed by atoms with E-state index < -0.39 is 0 Å².